The van der Waals surface area contributed by atoms with Gasteiger partial charge in [-0.1, -0.05) is 0 Å². The van der Waals surface area contributed by atoms with Gasteiger partial charge in [0, 0.05) is 43.4 Å². The second-order valence-electron chi connectivity index (χ2n) is 5.45. The van der Waals surface area contributed by atoms with Crippen LogP contribution in [0.1, 0.15) is 23.6 Å². The summed E-state index contributed by atoms with van der Waals surface area (Å²) in [5.41, 5.74) is 1.24. The van der Waals surface area contributed by atoms with Crippen LogP contribution in [-0.2, 0) is 17.8 Å². The van der Waals surface area contributed by atoms with Crippen LogP contribution in [0.4, 0.5) is 8.78 Å². The van der Waals surface area contributed by atoms with E-state index >= 15 is 0 Å². The molecule has 1 aromatic carbocycles. The van der Waals surface area contributed by atoms with Crippen LogP contribution in [-0.4, -0.2) is 30.1 Å². The summed E-state index contributed by atoms with van der Waals surface area (Å²) < 4.78 is 39.9. The lowest BCUT2D eigenvalue weighted by molar-refractivity contribution is 0.183. The molecule has 0 bridgehead atoms. The molecule has 1 aromatic heterocycles. The van der Waals surface area contributed by atoms with Gasteiger partial charge in [-0.05, 0) is 12.1 Å². The zero-order valence-electron chi connectivity index (χ0n) is 12.9. The van der Waals surface area contributed by atoms with Gasteiger partial charge in [0.25, 0.3) is 0 Å². The summed E-state index contributed by atoms with van der Waals surface area (Å²) in [6.45, 7) is 2.15. The number of nitrogens with zero attached hydrogens (tertiary/aromatic N) is 2. The average molecular weight is 323 g/mol. The predicted octanol–water partition coefficient (Wildman–Crippen LogP) is 2.42. The van der Waals surface area contributed by atoms with Gasteiger partial charge in [0.1, 0.15) is 5.82 Å². The second kappa shape index (κ2) is 7.06. The number of ether oxygens (including phenoxy) is 2. The van der Waals surface area contributed by atoms with Crippen LogP contribution in [0.3, 0.4) is 0 Å². The normalized spacial score (nSPS) is 16.9. The number of hydrogen-bond acceptors (Lipinski definition) is 4. The summed E-state index contributed by atoms with van der Waals surface area (Å²) in [6.07, 6.45) is 4.25. The van der Waals surface area contributed by atoms with Crippen LogP contribution < -0.4 is 10.1 Å². The Morgan fingerprint density at radius 3 is 3.04 bits per heavy atom. The van der Waals surface area contributed by atoms with Gasteiger partial charge in [-0.3, -0.25) is 4.68 Å². The van der Waals surface area contributed by atoms with Crippen LogP contribution >= 0.6 is 0 Å². The van der Waals surface area contributed by atoms with E-state index in [4.69, 9.17) is 9.47 Å². The molecule has 1 atom stereocenters. The number of aromatic nitrogens is 2. The minimum atomic E-state index is -0.528. The molecule has 2 aromatic rings. The fraction of sp³-hybridized carbons (Fsp3) is 0.438. The Morgan fingerprint density at radius 1 is 1.39 bits per heavy atom. The maximum Gasteiger partial charge on any atom is 0.165 e. The van der Waals surface area contributed by atoms with Gasteiger partial charge in [-0.25, -0.2) is 8.78 Å². The fourth-order valence-corrected chi connectivity index (χ4v) is 2.69. The largest absolute Gasteiger partial charge is 0.490 e. The van der Waals surface area contributed by atoms with E-state index in [9.17, 15) is 8.78 Å². The van der Waals surface area contributed by atoms with Gasteiger partial charge in [-0.2, -0.15) is 5.10 Å². The van der Waals surface area contributed by atoms with Crippen molar-refractivity contribution in [3.63, 3.8) is 0 Å². The molecule has 1 N–H and O–H groups in total. The zero-order valence-corrected chi connectivity index (χ0v) is 12.9. The first kappa shape index (κ1) is 15.9. The van der Waals surface area contributed by atoms with Crippen molar-refractivity contribution in [3.05, 3.63) is 47.3 Å². The lowest BCUT2D eigenvalue weighted by Gasteiger charge is -2.27. The third kappa shape index (κ3) is 3.51. The maximum atomic E-state index is 14.1. The van der Waals surface area contributed by atoms with E-state index < -0.39 is 11.6 Å². The molecular weight excluding hydrogens is 304 g/mol. The number of benzene rings is 1. The first-order valence-corrected chi connectivity index (χ1v) is 7.53. The molecule has 0 radical (unpaired) electrons. The lowest BCUT2D eigenvalue weighted by atomic mass is 9.99. The minimum Gasteiger partial charge on any atom is -0.490 e. The zero-order chi connectivity index (χ0) is 16.2. The van der Waals surface area contributed by atoms with Crippen molar-refractivity contribution in [1.82, 2.24) is 15.1 Å². The third-order valence-electron chi connectivity index (χ3n) is 3.86. The van der Waals surface area contributed by atoms with Crippen molar-refractivity contribution < 1.29 is 18.3 Å². The van der Waals surface area contributed by atoms with Gasteiger partial charge >= 0.3 is 0 Å². The average Bonchev–Trinajstić information content (AvgIpc) is 3.02. The van der Waals surface area contributed by atoms with E-state index in [0.29, 0.717) is 32.7 Å². The minimum absolute atomic E-state index is 0.0181. The van der Waals surface area contributed by atoms with E-state index in [0.717, 1.165) is 17.7 Å². The Hall–Kier alpha value is -1.99. The first-order valence-electron chi connectivity index (χ1n) is 7.53. The molecule has 0 saturated heterocycles. The van der Waals surface area contributed by atoms with E-state index in [1.807, 2.05) is 6.20 Å². The monoisotopic (exact) mass is 323 g/mol. The Labute approximate surface area is 133 Å². The number of rotatable bonds is 6. The van der Waals surface area contributed by atoms with E-state index in [2.05, 4.69) is 10.4 Å². The molecule has 7 heteroatoms. The number of halogens is 2. The highest BCUT2D eigenvalue weighted by Gasteiger charge is 2.27. The van der Waals surface area contributed by atoms with Crippen LogP contribution in [0.2, 0.25) is 0 Å². The van der Waals surface area contributed by atoms with Crippen LogP contribution in [0, 0.1) is 11.6 Å². The van der Waals surface area contributed by atoms with Gasteiger partial charge in [0.15, 0.2) is 11.6 Å². The number of methoxy groups -OCH3 is 1. The summed E-state index contributed by atoms with van der Waals surface area (Å²) in [6, 6.07) is 1.95. The summed E-state index contributed by atoms with van der Waals surface area (Å²) in [5.74, 6) is -0.959. The molecule has 0 spiro atoms. The highest BCUT2D eigenvalue weighted by atomic mass is 19.1. The quantitative estimate of drug-likeness (QED) is 0.887. The van der Waals surface area contributed by atoms with Crippen molar-refractivity contribution in [3.8, 4) is 5.75 Å². The Kier molecular flexibility index (Phi) is 4.88. The molecule has 1 aliphatic rings. The number of hydrogen-bond donors (Lipinski definition) is 1. The van der Waals surface area contributed by atoms with Crippen LogP contribution in [0.15, 0.2) is 24.5 Å². The summed E-state index contributed by atoms with van der Waals surface area (Å²) in [4.78, 5) is 0. The Morgan fingerprint density at radius 2 is 2.22 bits per heavy atom. The second-order valence-corrected chi connectivity index (χ2v) is 5.45. The van der Waals surface area contributed by atoms with Gasteiger partial charge in [-0.15, -0.1) is 0 Å². The molecule has 0 aliphatic carbocycles. The van der Waals surface area contributed by atoms with Gasteiger partial charge in [0.05, 0.1) is 26.0 Å². The van der Waals surface area contributed by atoms with E-state index in [1.54, 1.807) is 18.0 Å². The van der Waals surface area contributed by atoms with Gasteiger partial charge < -0.3 is 14.8 Å². The highest BCUT2D eigenvalue weighted by Crippen LogP contribution is 2.36. The predicted molar refractivity (Wildman–Crippen MR) is 80.2 cm³/mol. The molecule has 5 nitrogen and oxygen atoms in total. The Balaban J connectivity index is 1.68. The third-order valence-corrected chi connectivity index (χ3v) is 3.86. The molecule has 0 saturated carbocycles. The number of fused-ring (bicyclic) bond motifs is 1. The maximum absolute atomic E-state index is 14.1. The van der Waals surface area contributed by atoms with Crippen molar-refractivity contribution in [2.75, 3.05) is 20.3 Å². The van der Waals surface area contributed by atoms with Crippen molar-refractivity contribution in [2.24, 2.45) is 0 Å². The fourth-order valence-electron chi connectivity index (χ4n) is 2.69. The topological polar surface area (TPSA) is 48.3 Å². The van der Waals surface area contributed by atoms with Crippen LogP contribution in [0.25, 0.3) is 0 Å². The van der Waals surface area contributed by atoms with Crippen molar-refractivity contribution >= 4 is 0 Å². The molecule has 3 rings (SSSR count). The molecule has 23 heavy (non-hydrogen) atoms. The number of nitrogens with one attached hydrogen (secondary N) is 1. The standard InChI is InChI=1S/C16H19F2N3O2/c1-22-7-5-21-10-11(9-20-21)8-19-14-4-6-23-16-13(18)3-2-12(17)15(14)16/h2-3,9-10,14,19H,4-8H2,1H3/t14-/m1/s1. The lowest BCUT2D eigenvalue weighted by Crippen LogP contribution is -2.28. The molecular formula is C16H19F2N3O2. The van der Waals surface area contributed by atoms with Gasteiger partial charge in [0.2, 0.25) is 0 Å². The first-order chi connectivity index (χ1) is 11.2. The Bertz CT molecular complexity index is 675. The molecule has 2 heterocycles. The summed E-state index contributed by atoms with van der Waals surface area (Å²) in [5, 5.41) is 7.49. The van der Waals surface area contributed by atoms with E-state index in [1.165, 1.54) is 0 Å². The molecule has 0 fully saturated rings. The van der Waals surface area contributed by atoms with E-state index in [-0.39, 0.29) is 17.4 Å². The SMILES string of the molecule is COCCn1cc(CN[C@@H]2CCOc3c(F)ccc(F)c32)cn1. The molecule has 0 amide bonds. The van der Waals surface area contributed by atoms with Crippen molar-refractivity contribution in [2.45, 2.75) is 25.6 Å². The van der Waals surface area contributed by atoms with Crippen molar-refractivity contribution in [1.29, 1.82) is 0 Å². The highest BCUT2D eigenvalue weighted by molar-refractivity contribution is 5.40. The molecule has 124 valence electrons. The smallest absolute Gasteiger partial charge is 0.165 e. The van der Waals surface area contributed by atoms with Crippen LogP contribution in [0.5, 0.6) is 5.75 Å². The molecule has 0 unspecified atom stereocenters. The summed E-state index contributed by atoms with van der Waals surface area (Å²) >= 11 is 0. The summed E-state index contributed by atoms with van der Waals surface area (Å²) in [7, 11) is 1.64. The molecule has 1 aliphatic heterocycles.